The van der Waals surface area contributed by atoms with Crippen molar-refractivity contribution in [1.29, 1.82) is 0 Å². The lowest BCUT2D eigenvalue weighted by Gasteiger charge is -2.04. The van der Waals surface area contributed by atoms with Crippen LogP contribution in [-0.4, -0.2) is 48.5 Å². The molecular formula is C12H20N4O4. The van der Waals surface area contributed by atoms with Crippen LogP contribution in [0.3, 0.4) is 0 Å². The fraction of sp³-hybridized carbons (Fsp3) is 0.583. The fourth-order valence-corrected chi connectivity index (χ4v) is 1.52. The molecule has 8 nitrogen and oxygen atoms in total. The number of methoxy groups -OCH3 is 1. The van der Waals surface area contributed by atoms with Crippen molar-refractivity contribution in [1.82, 2.24) is 15.1 Å². The Balaban J connectivity index is 2.50. The number of aromatic nitrogens is 2. The Bertz CT molecular complexity index is 458. The van der Waals surface area contributed by atoms with E-state index in [1.165, 1.54) is 10.9 Å². The Labute approximate surface area is 117 Å². The van der Waals surface area contributed by atoms with E-state index in [-0.39, 0.29) is 30.4 Å². The molecule has 1 aromatic rings. The van der Waals surface area contributed by atoms with Crippen molar-refractivity contribution in [3.63, 3.8) is 0 Å². The van der Waals surface area contributed by atoms with E-state index in [2.05, 4.69) is 10.4 Å². The summed E-state index contributed by atoms with van der Waals surface area (Å²) in [6.45, 7) is 3.04. The normalized spacial score (nSPS) is 10.3. The molecule has 1 heterocycles. The highest BCUT2D eigenvalue weighted by atomic mass is 16.5. The number of anilines is 1. The second-order valence-corrected chi connectivity index (χ2v) is 4.05. The van der Waals surface area contributed by atoms with Crippen LogP contribution in [-0.2, 0) is 20.8 Å². The molecule has 0 radical (unpaired) electrons. The lowest BCUT2D eigenvalue weighted by molar-refractivity contribution is -0.121. The maximum atomic E-state index is 11.6. The molecule has 0 bridgehead atoms. The summed E-state index contributed by atoms with van der Waals surface area (Å²) in [5.41, 5.74) is 5.87. The molecule has 8 heteroatoms. The molecule has 1 aromatic heterocycles. The zero-order valence-electron chi connectivity index (χ0n) is 11.7. The number of amides is 1. The van der Waals surface area contributed by atoms with Crippen molar-refractivity contribution in [3.8, 4) is 0 Å². The predicted octanol–water partition coefficient (Wildman–Crippen LogP) is -0.205. The van der Waals surface area contributed by atoms with Crippen LogP contribution in [0.15, 0.2) is 6.20 Å². The van der Waals surface area contributed by atoms with Crippen LogP contribution < -0.4 is 11.1 Å². The zero-order chi connectivity index (χ0) is 15.0. The van der Waals surface area contributed by atoms with Gasteiger partial charge in [0.2, 0.25) is 5.91 Å². The Morgan fingerprint density at radius 2 is 2.25 bits per heavy atom. The molecule has 112 valence electrons. The molecule has 0 aliphatic rings. The second-order valence-electron chi connectivity index (χ2n) is 4.05. The van der Waals surface area contributed by atoms with Gasteiger partial charge in [-0.1, -0.05) is 0 Å². The molecule has 1 rings (SSSR count). The van der Waals surface area contributed by atoms with Crippen LogP contribution in [0, 0.1) is 0 Å². The van der Waals surface area contributed by atoms with Crippen LogP contribution in [0.5, 0.6) is 0 Å². The molecule has 0 aliphatic heterocycles. The third-order valence-corrected chi connectivity index (χ3v) is 2.41. The first-order valence-electron chi connectivity index (χ1n) is 6.34. The van der Waals surface area contributed by atoms with E-state index in [1.807, 2.05) is 0 Å². The number of nitrogen functional groups attached to an aromatic ring is 1. The molecular weight excluding hydrogens is 264 g/mol. The summed E-state index contributed by atoms with van der Waals surface area (Å²) in [4.78, 5) is 23.1. The number of hydrogen-bond donors (Lipinski definition) is 2. The third kappa shape index (κ3) is 4.88. The van der Waals surface area contributed by atoms with Gasteiger partial charge in [-0.05, 0) is 13.3 Å². The average molecular weight is 284 g/mol. The summed E-state index contributed by atoms with van der Waals surface area (Å²) in [5, 5.41) is 6.66. The minimum Gasteiger partial charge on any atom is -0.461 e. The number of esters is 1. The maximum Gasteiger partial charge on any atom is 0.361 e. The molecule has 0 aliphatic carbocycles. The Morgan fingerprint density at radius 1 is 1.50 bits per heavy atom. The van der Waals surface area contributed by atoms with Crippen molar-refractivity contribution in [3.05, 3.63) is 11.9 Å². The van der Waals surface area contributed by atoms with E-state index in [4.69, 9.17) is 15.2 Å². The van der Waals surface area contributed by atoms with Crippen molar-refractivity contribution in [2.45, 2.75) is 19.9 Å². The highest BCUT2D eigenvalue weighted by Crippen LogP contribution is 2.10. The van der Waals surface area contributed by atoms with E-state index in [1.54, 1.807) is 14.0 Å². The van der Waals surface area contributed by atoms with Gasteiger partial charge in [-0.15, -0.1) is 0 Å². The van der Waals surface area contributed by atoms with E-state index < -0.39 is 5.97 Å². The van der Waals surface area contributed by atoms with Gasteiger partial charge in [-0.2, -0.15) is 5.10 Å². The number of nitrogens with two attached hydrogens (primary N) is 1. The number of rotatable bonds is 8. The zero-order valence-corrected chi connectivity index (χ0v) is 11.7. The number of nitrogens with one attached hydrogen (secondary N) is 1. The summed E-state index contributed by atoms with van der Waals surface area (Å²) in [6.07, 6.45) is 2.17. The third-order valence-electron chi connectivity index (χ3n) is 2.41. The number of hydrogen-bond acceptors (Lipinski definition) is 6. The molecule has 0 fully saturated rings. The van der Waals surface area contributed by atoms with E-state index >= 15 is 0 Å². The highest BCUT2D eigenvalue weighted by molar-refractivity contribution is 5.92. The molecule has 0 aromatic carbocycles. The standard InChI is InChI=1S/C12H20N4O4/c1-3-20-12(18)11-9(13)7-16(15-11)8-10(17)14-5-4-6-19-2/h7H,3-6,8,13H2,1-2H3,(H,14,17). The Morgan fingerprint density at radius 3 is 2.90 bits per heavy atom. The maximum absolute atomic E-state index is 11.6. The monoisotopic (exact) mass is 284 g/mol. The van der Waals surface area contributed by atoms with Crippen molar-refractivity contribution >= 4 is 17.6 Å². The van der Waals surface area contributed by atoms with Crippen LogP contribution in [0.4, 0.5) is 5.69 Å². The van der Waals surface area contributed by atoms with E-state index in [0.717, 1.165) is 6.42 Å². The van der Waals surface area contributed by atoms with E-state index in [9.17, 15) is 9.59 Å². The first-order valence-corrected chi connectivity index (χ1v) is 6.34. The highest BCUT2D eigenvalue weighted by Gasteiger charge is 2.16. The Kier molecular flexibility index (Phi) is 6.51. The van der Waals surface area contributed by atoms with Gasteiger partial charge in [0.05, 0.1) is 12.3 Å². The van der Waals surface area contributed by atoms with Gasteiger partial charge in [0, 0.05) is 26.5 Å². The molecule has 1 amide bonds. The van der Waals surface area contributed by atoms with Crippen LogP contribution in [0.25, 0.3) is 0 Å². The van der Waals surface area contributed by atoms with Crippen LogP contribution in [0.1, 0.15) is 23.8 Å². The van der Waals surface area contributed by atoms with Crippen LogP contribution >= 0.6 is 0 Å². The first-order chi connectivity index (χ1) is 9.58. The van der Waals surface area contributed by atoms with Gasteiger partial charge in [0.1, 0.15) is 6.54 Å². The molecule has 3 N–H and O–H groups in total. The topological polar surface area (TPSA) is 108 Å². The molecule has 0 atom stereocenters. The predicted molar refractivity (Wildman–Crippen MR) is 72.1 cm³/mol. The molecule has 20 heavy (non-hydrogen) atoms. The largest absolute Gasteiger partial charge is 0.461 e. The fourth-order valence-electron chi connectivity index (χ4n) is 1.52. The number of carbonyl (C=O) groups is 2. The number of nitrogens with zero attached hydrogens (tertiary/aromatic N) is 2. The van der Waals surface area contributed by atoms with Crippen LogP contribution in [0.2, 0.25) is 0 Å². The summed E-state index contributed by atoms with van der Waals surface area (Å²) >= 11 is 0. The smallest absolute Gasteiger partial charge is 0.361 e. The van der Waals surface area contributed by atoms with Gasteiger partial charge in [0.15, 0.2) is 5.69 Å². The molecule has 0 spiro atoms. The SMILES string of the molecule is CCOC(=O)c1nn(CC(=O)NCCCOC)cc1N. The lowest BCUT2D eigenvalue weighted by atomic mass is 10.4. The van der Waals surface area contributed by atoms with Crippen molar-refractivity contribution in [2.24, 2.45) is 0 Å². The van der Waals surface area contributed by atoms with Crippen molar-refractivity contribution < 1.29 is 19.1 Å². The van der Waals surface area contributed by atoms with Gasteiger partial charge < -0.3 is 20.5 Å². The summed E-state index contributed by atoms with van der Waals surface area (Å²) in [6, 6.07) is 0. The van der Waals surface area contributed by atoms with Gasteiger partial charge >= 0.3 is 5.97 Å². The molecule has 0 saturated carbocycles. The molecule has 0 saturated heterocycles. The molecule has 0 unspecified atom stereocenters. The van der Waals surface area contributed by atoms with E-state index in [0.29, 0.717) is 13.2 Å². The van der Waals surface area contributed by atoms with Crippen molar-refractivity contribution in [2.75, 3.05) is 32.6 Å². The first kappa shape index (κ1) is 16.0. The minimum absolute atomic E-state index is 0.00339. The lowest BCUT2D eigenvalue weighted by Crippen LogP contribution is -2.29. The second kappa shape index (κ2) is 8.16. The van der Waals surface area contributed by atoms with Gasteiger partial charge in [-0.3, -0.25) is 9.48 Å². The quantitative estimate of drug-likeness (QED) is 0.505. The summed E-state index contributed by atoms with van der Waals surface area (Å²) in [7, 11) is 1.60. The Hall–Kier alpha value is -2.09. The average Bonchev–Trinajstić information content (AvgIpc) is 2.76. The summed E-state index contributed by atoms with van der Waals surface area (Å²) in [5.74, 6) is -0.803. The summed E-state index contributed by atoms with van der Waals surface area (Å²) < 4.78 is 11.0. The minimum atomic E-state index is -0.593. The number of ether oxygens (including phenoxy) is 2. The van der Waals surface area contributed by atoms with Gasteiger partial charge in [0.25, 0.3) is 0 Å². The van der Waals surface area contributed by atoms with Gasteiger partial charge in [-0.25, -0.2) is 4.79 Å². The number of carbonyl (C=O) groups excluding carboxylic acids is 2.